The van der Waals surface area contributed by atoms with Crippen molar-refractivity contribution in [2.24, 2.45) is 0 Å². The second-order valence-corrected chi connectivity index (χ2v) is 6.69. The number of carbonyl (C=O) groups excluding carboxylic acids is 2. The number of anilines is 1. The van der Waals surface area contributed by atoms with Gasteiger partial charge in [-0.1, -0.05) is 37.3 Å². The van der Waals surface area contributed by atoms with Gasteiger partial charge in [-0.25, -0.2) is 4.39 Å². The molecule has 0 atom stereocenters. The number of amides is 2. The molecule has 0 unspecified atom stereocenters. The van der Waals surface area contributed by atoms with Crippen molar-refractivity contribution in [3.05, 3.63) is 29.0 Å². The topological polar surface area (TPSA) is 49.4 Å². The van der Waals surface area contributed by atoms with Gasteiger partial charge in [-0.2, -0.15) is 0 Å². The predicted molar refractivity (Wildman–Crippen MR) is 93.5 cm³/mol. The highest BCUT2D eigenvalue weighted by molar-refractivity contribution is 6.31. The number of nitrogens with one attached hydrogen (secondary N) is 1. The van der Waals surface area contributed by atoms with Gasteiger partial charge in [0.25, 0.3) is 0 Å². The summed E-state index contributed by atoms with van der Waals surface area (Å²) < 4.78 is 13.1. The molecule has 1 aliphatic carbocycles. The van der Waals surface area contributed by atoms with E-state index in [1.54, 1.807) is 6.92 Å². The Hall–Kier alpha value is -1.62. The highest BCUT2D eigenvalue weighted by Gasteiger charge is 2.22. The smallest absolute Gasteiger partial charge is 0.226 e. The molecule has 0 aromatic heterocycles. The highest BCUT2D eigenvalue weighted by Crippen LogP contribution is 2.23. The van der Waals surface area contributed by atoms with Crippen LogP contribution in [0.4, 0.5) is 10.1 Å². The van der Waals surface area contributed by atoms with Crippen LogP contribution in [-0.2, 0) is 9.59 Å². The summed E-state index contributed by atoms with van der Waals surface area (Å²) in [4.78, 5) is 25.9. The van der Waals surface area contributed by atoms with E-state index in [9.17, 15) is 14.0 Å². The van der Waals surface area contributed by atoms with Crippen molar-refractivity contribution in [2.45, 2.75) is 57.9 Å². The van der Waals surface area contributed by atoms with Crippen LogP contribution in [0.15, 0.2) is 18.2 Å². The first-order valence-electron chi connectivity index (χ1n) is 8.49. The van der Waals surface area contributed by atoms with Crippen molar-refractivity contribution in [1.29, 1.82) is 0 Å². The Morgan fingerprint density at radius 1 is 1.25 bits per heavy atom. The zero-order valence-electron chi connectivity index (χ0n) is 14.0. The molecule has 2 rings (SSSR count). The lowest BCUT2D eigenvalue weighted by Crippen LogP contribution is -2.40. The lowest BCUT2D eigenvalue weighted by Gasteiger charge is -2.30. The fourth-order valence-corrected chi connectivity index (χ4v) is 3.37. The number of benzene rings is 1. The second kappa shape index (κ2) is 9.02. The Morgan fingerprint density at radius 2 is 1.92 bits per heavy atom. The molecule has 0 heterocycles. The van der Waals surface area contributed by atoms with Crippen LogP contribution >= 0.6 is 11.6 Å². The summed E-state index contributed by atoms with van der Waals surface area (Å²) >= 11 is 5.70. The molecule has 6 heteroatoms. The van der Waals surface area contributed by atoms with Gasteiger partial charge in [0.15, 0.2) is 0 Å². The van der Waals surface area contributed by atoms with Crippen molar-refractivity contribution < 1.29 is 14.0 Å². The molecule has 132 valence electrons. The fraction of sp³-hybridized carbons (Fsp3) is 0.556. The van der Waals surface area contributed by atoms with E-state index in [0.717, 1.165) is 25.7 Å². The van der Waals surface area contributed by atoms with Crippen LogP contribution in [0.5, 0.6) is 0 Å². The van der Waals surface area contributed by atoms with Crippen LogP contribution in [0.2, 0.25) is 5.02 Å². The SMILES string of the molecule is CC(=O)N(CCC(=O)Nc1ccc(F)c(Cl)c1)C1CCCCCC1. The van der Waals surface area contributed by atoms with Gasteiger partial charge in [0.2, 0.25) is 11.8 Å². The molecular formula is C18H24ClFN2O2. The van der Waals surface area contributed by atoms with Crippen molar-refractivity contribution >= 4 is 29.1 Å². The Kier molecular flexibility index (Phi) is 7.03. The first kappa shape index (κ1) is 18.7. The van der Waals surface area contributed by atoms with E-state index >= 15 is 0 Å². The summed E-state index contributed by atoms with van der Waals surface area (Å²) in [5.41, 5.74) is 0.454. The molecule has 0 spiro atoms. The lowest BCUT2D eigenvalue weighted by atomic mass is 10.1. The van der Waals surface area contributed by atoms with Crippen LogP contribution in [0.1, 0.15) is 51.9 Å². The van der Waals surface area contributed by atoms with Crippen LogP contribution in [-0.4, -0.2) is 29.3 Å². The van der Waals surface area contributed by atoms with Gasteiger partial charge in [0, 0.05) is 31.6 Å². The highest BCUT2D eigenvalue weighted by atomic mass is 35.5. The van der Waals surface area contributed by atoms with Gasteiger partial charge in [0.05, 0.1) is 5.02 Å². The van der Waals surface area contributed by atoms with Gasteiger partial charge in [-0.3, -0.25) is 9.59 Å². The molecule has 4 nitrogen and oxygen atoms in total. The Morgan fingerprint density at radius 3 is 2.50 bits per heavy atom. The standard InChI is InChI=1S/C18H24ClFN2O2/c1-13(23)22(15-6-4-2-3-5-7-15)11-10-18(24)21-14-8-9-17(20)16(19)12-14/h8-9,12,15H,2-7,10-11H2,1H3,(H,21,24). The summed E-state index contributed by atoms with van der Waals surface area (Å²) in [5, 5.41) is 2.66. The largest absolute Gasteiger partial charge is 0.339 e. The van der Waals surface area contributed by atoms with Gasteiger partial charge in [-0.05, 0) is 31.0 Å². The molecule has 1 saturated carbocycles. The number of carbonyl (C=O) groups is 2. The van der Waals surface area contributed by atoms with Crippen molar-refractivity contribution in [3.63, 3.8) is 0 Å². The molecule has 1 aromatic carbocycles. The molecule has 1 fully saturated rings. The van der Waals surface area contributed by atoms with E-state index in [1.165, 1.54) is 31.0 Å². The predicted octanol–water partition coefficient (Wildman–Crippen LogP) is 4.38. The molecule has 2 amide bonds. The summed E-state index contributed by atoms with van der Waals surface area (Å²) in [7, 11) is 0. The third-order valence-corrected chi connectivity index (χ3v) is 4.74. The number of halogens is 2. The van der Waals surface area contributed by atoms with Gasteiger partial charge in [0.1, 0.15) is 5.82 Å². The summed E-state index contributed by atoms with van der Waals surface area (Å²) in [6.07, 6.45) is 6.93. The molecule has 24 heavy (non-hydrogen) atoms. The van der Waals surface area contributed by atoms with Gasteiger partial charge >= 0.3 is 0 Å². The fourth-order valence-electron chi connectivity index (χ4n) is 3.19. The van der Waals surface area contributed by atoms with E-state index in [0.29, 0.717) is 12.2 Å². The van der Waals surface area contributed by atoms with E-state index in [4.69, 9.17) is 11.6 Å². The molecule has 1 aliphatic rings. The molecule has 0 radical (unpaired) electrons. The third kappa shape index (κ3) is 5.48. The molecule has 1 N–H and O–H groups in total. The Balaban J connectivity index is 1.89. The maximum Gasteiger partial charge on any atom is 0.226 e. The monoisotopic (exact) mass is 354 g/mol. The van der Waals surface area contributed by atoms with Crippen molar-refractivity contribution in [1.82, 2.24) is 4.90 Å². The molecular weight excluding hydrogens is 331 g/mol. The number of hydrogen-bond donors (Lipinski definition) is 1. The average Bonchev–Trinajstić information content (AvgIpc) is 2.80. The average molecular weight is 355 g/mol. The first-order valence-corrected chi connectivity index (χ1v) is 8.87. The number of hydrogen-bond acceptors (Lipinski definition) is 2. The summed E-state index contributed by atoms with van der Waals surface area (Å²) in [6.45, 7) is 1.96. The third-order valence-electron chi connectivity index (χ3n) is 4.45. The van der Waals surface area contributed by atoms with Crippen LogP contribution in [0, 0.1) is 5.82 Å². The number of nitrogens with zero attached hydrogens (tertiary/aromatic N) is 1. The van der Waals surface area contributed by atoms with E-state index in [-0.39, 0.29) is 29.3 Å². The normalized spacial score (nSPS) is 15.6. The first-order chi connectivity index (χ1) is 11.5. The van der Waals surface area contributed by atoms with Crippen molar-refractivity contribution in [2.75, 3.05) is 11.9 Å². The van der Waals surface area contributed by atoms with Crippen LogP contribution in [0.25, 0.3) is 0 Å². The maximum atomic E-state index is 13.1. The minimum absolute atomic E-state index is 0.0135. The zero-order valence-corrected chi connectivity index (χ0v) is 14.7. The quantitative estimate of drug-likeness (QED) is 0.798. The molecule has 0 aliphatic heterocycles. The second-order valence-electron chi connectivity index (χ2n) is 6.28. The minimum atomic E-state index is -0.522. The van der Waals surface area contributed by atoms with E-state index < -0.39 is 5.82 Å². The Bertz CT molecular complexity index is 586. The molecule has 0 saturated heterocycles. The van der Waals surface area contributed by atoms with Crippen LogP contribution < -0.4 is 5.32 Å². The molecule has 0 bridgehead atoms. The van der Waals surface area contributed by atoms with Gasteiger partial charge < -0.3 is 10.2 Å². The maximum absolute atomic E-state index is 13.1. The van der Waals surface area contributed by atoms with E-state index in [2.05, 4.69) is 5.32 Å². The van der Waals surface area contributed by atoms with E-state index in [1.807, 2.05) is 4.90 Å². The summed E-state index contributed by atoms with van der Waals surface area (Å²) in [6, 6.07) is 4.29. The zero-order chi connectivity index (χ0) is 17.5. The van der Waals surface area contributed by atoms with Crippen molar-refractivity contribution in [3.8, 4) is 0 Å². The number of rotatable bonds is 5. The minimum Gasteiger partial charge on any atom is -0.339 e. The Labute approximate surface area is 147 Å². The van der Waals surface area contributed by atoms with Crippen LogP contribution in [0.3, 0.4) is 0 Å². The van der Waals surface area contributed by atoms with Gasteiger partial charge in [-0.15, -0.1) is 0 Å². The summed E-state index contributed by atoms with van der Waals surface area (Å²) in [5.74, 6) is -0.720. The molecule has 1 aromatic rings. The lowest BCUT2D eigenvalue weighted by molar-refractivity contribution is -0.131.